The number of likely N-dealkylation sites (tertiary alicyclic amines) is 1. The van der Waals surface area contributed by atoms with Gasteiger partial charge in [-0.25, -0.2) is 4.90 Å². The highest BCUT2D eigenvalue weighted by atomic mass is 16.5. The molecule has 2 fully saturated rings. The quantitative estimate of drug-likeness (QED) is 0.691. The first-order valence-corrected chi connectivity index (χ1v) is 10.9. The zero-order chi connectivity index (χ0) is 21.1. The number of rotatable bonds is 7. The summed E-state index contributed by atoms with van der Waals surface area (Å²) >= 11 is 0. The van der Waals surface area contributed by atoms with E-state index in [0.29, 0.717) is 18.2 Å². The van der Waals surface area contributed by atoms with Gasteiger partial charge in [0.15, 0.2) is 6.04 Å². The summed E-state index contributed by atoms with van der Waals surface area (Å²) in [5.41, 5.74) is 0.627. The number of benzene rings is 1. The van der Waals surface area contributed by atoms with Gasteiger partial charge in [-0.05, 0) is 37.6 Å². The minimum Gasteiger partial charge on any atom is -0.494 e. The van der Waals surface area contributed by atoms with E-state index < -0.39 is 0 Å². The fraction of sp³-hybridized carbons (Fsp3) is 0.545. The van der Waals surface area contributed by atoms with E-state index in [1.807, 2.05) is 12.1 Å². The number of imide groups is 1. The van der Waals surface area contributed by atoms with Crippen molar-refractivity contribution >= 4 is 17.5 Å². The van der Waals surface area contributed by atoms with Gasteiger partial charge in [0, 0.05) is 25.3 Å². The first-order chi connectivity index (χ1) is 14.6. The molecule has 0 spiro atoms. The van der Waals surface area contributed by atoms with Gasteiger partial charge >= 0.3 is 0 Å². The van der Waals surface area contributed by atoms with E-state index >= 15 is 0 Å². The summed E-state index contributed by atoms with van der Waals surface area (Å²) in [6, 6.07) is 6.94. The van der Waals surface area contributed by atoms with Crippen LogP contribution in [0.25, 0.3) is 0 Å². The predicted molar refractivity (Wildman–Crippen MR) is 111 cm³/mol. The molecular weight excluding hydrogens is 382 g/mol. The third kappa shape index (κ3) is 3.96. The molecule has 3 heterocycles. The Hall–Kier alpha value is -2.74. The number of nitrogens with zero attached hydrogens (tertiary/aromatic N) is 4. The second-order valence-corrected chi connectivity index (χ2v) is 8.07. The number of aromatic nitrogens is 3. The Morgan fingerprint density at radius 2 is 1.87 bits per heavy atom. The predicted octanol–water partition coefficient (Wildman–Crippen LogP) is 1.18. The molecule has 2 amide bonds. The molecule has 1 aromatic heterocycles. The van der Waals surface area contributed by atoms with Crippen molar-refractivity contribution in [3.05, 3.63) is 36.4 Å². The number of hydrogen-bond donors (Lipinski definition) is 1. The maximum atomic E-state index is 13.1. The number of quaternary nitrogens is 1. The van der Waals surface area contributed by atoms with Gasteiger partial charge in [-0.3, -0.25) is 9.59 Å². The molecule has 0 unspecified atom stereocenters. The highest BCUT2D eigenvalue weighted by molar-refractivity contribution is 6.21. The number of anilines is 1. The molecule has 30 heavy (non-hydrogen) atoms. The van der Waals surface area contributed by atoms with Crippen LogP contribution in [0, 0.1) is 0 Å². The van der Waals surface area contributed by atoms with Crippen LogP contribution in [0.5, 0.6) is 5.75 Å². The minimum atomic E-state index is -0.293. The Morgan fingerprint density at radius 1 is 1.13 bits per heavy atom. The van der Waals surface area contributed by atoms with Crippen molar-refractivity contribution in [3.63, 3.8) is 0 Å². The molecule has 0 bridgehead atoms. The van der Waals surface area contributed by atoms with Crippen molar-refractivity contribution < 1.29 is 19.2 Å². The lowest BCUT2D eigenvalue weighted by molar-refractivity contribution is -0.920. The number of ether oxygens (including phenoxy) is 1. The third-order valence-corrected chi connectivity index (χ3v) is 6.19. The van der Waals surface area contributed by atoms with Crippen LogP contribution in [0.15, 0.2) is 30.6 Å². The average molecular weight is 413 g/mol. The van der Waals surface area contributed by atoms with Crippen LogP contribution in [0.1, 0.15) is 51.3 Å². The number of aryl methyl sites for hydroxylation is 1. The monoisotopic (exact) mass is 412 g/mol. The highest BCUT2D eigenvalue weighted by Gasteiger charge is 2.46. The molecule has 4 rings (SSSR count). The molecule has 8 nitrogen and oxygen atoms in total. The van der Waals surface area contributed by atoms with E-state index in [1.54, 1.807) is 18.5 Å². The lowest BCUT2D eigenvalue weighted by Crippen LogP contribution is -3.17. The van der Waals surface area contributed by atoms with Crippen LogP contribution in [0.2, 0.25) is 0 Å². The summed E-state index contributed by atoms with van der Waals surface area (Å²) in [7, 11) is 0. The number of nitrogens with one attached hydrogen (secondary N) is 1. The summed E-state index contributed by atoms with van der Waals surface area (Å²) in [5.74, 6) is 1.96. The lowest BCUT2D eigenvalue weighted by atomic mass is 9.94. The Kier molecular flexibility index (Phi) is 6.13. The third-order valence-electron chi connectivity index (χ3n) is 6.19. The van der Waals surface area contributed by atoms with Gasteiger partial charge in [0.1, 0.15) is 17.9 Å². The molecule has 0 aliphatic carbocycles. The van der Waals surface area contributed by atoms with E-state index in [0.717, 1.165) is 50.5 Å². The fourth-order valence-electron chi connectivity index (χ4n) is 4.55. The number of piperidine rings is 1. The summed E-state index contributed by atoms with van der Waals surface area (Å²) in [5, 5.41) is 8.35. The number of hydrogen-bond acceptors (Lipinski definition) is 5. The zero-order valence-electron chi connectivity index (χ0n) is 17.7. The van der Waals surface area contributed by atoms with Gasteiger partial charge in [-0.15, -0.1) is 10.2 Å². The van der Waals surface area contributed by atoms with E-state index in [2.05, 4.69) is 28.6 Å². The van der Waals surface area contributed by atoms with E-state index in [9.17, 15) is 9.59 Å². The molecular formula is C22H30N5O3+. The van der Waals surface area contributed by atoms with Crippen LogP contribution in [-0.2, 0) is 16.1 Å². The van der Waals surface area contributed by atoms with Crippen molar-refractivity contribution in [2.75, 3.05) is 24.6 Å². The Labute approximate surface area is 176 Å². The summed E-state index contributed by atoms with van der Waals surface area (Å²) in [6.45, 7) is 7.38. The molecule has 0 radical (unpaired) electrons. The van der Waals surface area contributed by atoms with Crippen molar-refractivity contribution in [1.29, 1.82) is 0 Å². The fourth-order valence-corrected chi connectivity index (χ4v) is 4.55. The number of carbonyl (C=O) groups is 2. The topological polar surface area (TPSA) is 81.8 Å². The molecule has 1 aromatic carbocycles. The molecule has 0 saturated carbocycles. The van der Waals surface area contributed by atoms with Crippen LogP contribution in [0.4, 0.5) is 5.69 Å². The van der Waals surface area contributed by atoms with Crippen LogP contribution in [0.3, 0.4) is 0 Å². The van der Waals surface area contributed by atoms with Gasteiger partial charge in [0.25, 0.3) is 5.91 Å². The maximum Gasteiger partial charge on any atom is 0.292 e. The smallest absolute Gasteiger partial charge is 0.292 e. The molecule has 2 aliphatic heterocycles. The van der Waals surface area contributed by atoms with Crippen molar-refractivity contribution in [1.82, 2.24) is 14.8 Å². The van der Waals surface area contributed by atoms with Gasteiger partial charge in [-0.2, -0.15) is 0 Å². The summed E-state index contributed by atoms with van der Waals surface area (Å²) in [4.78, 5) is 28.3. The molecule has 2 aromatic rings. The normalized spacial score (nSPS) is 24.5. The number of carbonyl (C=O) groups excluding carboxylic acids is 2. The first-order valence-electron chi connectivity index (χ1n) is 10.9. The molecule has 1 atom stereocenters. The standard InChI is InChI=1S/C22H29N5O3/c1-3-13-30-18-7-5-17(6-8-18)27-20(28)14-19(22(27)29)26-11-9-16(10-12-26)21-24-23-15-25(21)4-2/h5-8,15-16,19H,3-4,9-14H2,1-2H3/p+1/t19-/m0/s1. The van der Waals surface area contributed by atoms with E-state index in [4.69, 9.17) is 4.74 Å². The van der Waals surface area contributed by atoms with E-state index in [1.165, 1.54) is 9.80 Å². The Balaban J connectivity index is 1.40. The summed E-state index contributed by atoms with van der Waals surface area (Å²) in [6.07, 6.45) is 4.90. The lowest BCUT2D eigenvalue weighted by Gasteiger charge is -2.31. The first kappa shape index (κ1) is 20.5. The van der Waals surface area contributed by atoms with Crippen LogP contribution in [-0.4, -0.2) is 52.3 Å². The largest absolute Gasteiger partial charge is 0.494 e. The van der Waals surface area contributed by atoms with Crippen molar-refractivity contribution in [2.45, 2.75) is 58.0 Å². The molecule has 8 heteroatoms. The van der Waals surface area contributed by atoms with Gasteiger partial charge in [0.2, 0.25) is 5.91 Å². The van der Waals surface area contributed by atoms with Crippen LogP contribution >= 0.6 is 0 Å². The zero-order valence-corrected chi connectivity index (χ0v) is 17.7. The van der Waals surface area contributed by atoms with Crippen molar-refractivity contribution in [3.8, 4) is 5.75 Å². The van der Waals surface area contributed by atoms with Crippen LogP contribution < -0.4 is 14.5 Å². The second kappa shape index (κ2) is 8.95. The van der Waals surface area contributed by atoms with Gasteiger partial charge < -0.3 is 14.2 Å². The molecule has 2 saturated heterocycles. The molecule has 2 aliphatic rings. The average Bonchev–Trinajstić information content (AvgIpc) is 3.37. The van der Waals surface area contributed by atoms with Gasteiger partial charge in [0.05, 0.1) is 31.8 Å². The molecule has 1 N–H and O–H groups in total. The van der Waals surface area contributed by atoms with Gasteiger partial charge in [-0.1, -0.05) is 6.92 Å². The highest BCUT2D eigenvalue weighted by Crippen LogP contribution is 2.26. The van der Waals surface area contributed by atoms with E-state index in [-0.39, 0.29) is 24.3 Å². The SMILES string of the molecule is CCCOc1ccc(N2C(=O)C[C@H]([NH+]3CCC(c4nncn4CC)CC3)C2=O)cc1. The molecule has 160 valence electrons. The van der Waals surface area contributed by atoms with Crippen molar-refractivity contribution in [2.24, 2.45) is 0 Å². The maximum absolute atomic E-state index is 13.1. The Bertz CT molecular complexity index is 886. The Morgan fingerprint density at radius 3 is 2.53 bits per heavy atom. The minimum absolute atomic E-state index is 0.0904. The number of amides is 2. The second-order valence-electron chi connectivity index (χ2n) is 8.07. The summed E-state index contributed by atoms with van der Waals surface area (Å²) < 4.78 is 7.69.